The van der Waals surface area contributed by atoms with Gasteiger partial charge in [-0.05, 0) is 37.5 Å². The van der Waals surface area contributed by atoms with Crippen LogP contribution in [0.1, 0.15) is 31.4 Å². The lowest BCUT2D eigenvalue weighted by molar-refractivity contribution is -0.149. The van der Waals surface area contributed by atoms with E-state index in [9.17, 15) is 10.1 Å². The van der Waals surface area contributed by atoms with E-state index in [4.69, 9.17) is 9.47 Å². The minimum atomic E-state index is -0.283. The van der Waals surface area contributed by atoms with Crippen molar-refractivity contribution in [3.05, 3.63) is 29.8 Å². The third-order valence-electron chi connectivity index (χ3n) is 4.07. The lowest BCUT2D eigenvalue weighted by Crippen LogP contribution is -2.38. The van der Waals surface area contributed by atoms with Crippen LogP contribution in [0.5, 0.6) is 5.75 Å². The minimum Gasteiger partial charge on any atom is -0.497 e. The quantitative estimate of drug-likeness (QED) is 0.782. The molecule has 1 aliphatic rings. The molecule has 118 valence electrons. The molecule has 0 saturated carbocycles. The minimum absolute atomic E-state index is 0.0357. The van der Waals surface area contributed by atoms with Gasteiger partial charge in [0, 0.05) is 13.1 Å². The van der Waals surface area contributed by atoms with Gasteiger partial charge in [-0.25, -0.2) is 0 Å². The van der Waals surface area contributed by atoms with Crippen molar-refractivity contribution in [1.82, 2.24) is 4.90 Å². The van der Waals surface area contributed by atoms with Gasteiger partial charge in [0.05, 0.1) is 25.7 Å². The molecule has 1 fully saturated rings. The smallest absolute Gasteiger partial charge is 0.309 e. The first kappa shape index (κ1) is 16.3. The number of carbonyl (C=O) groups excluding carboxylic acids is 1. The van der Waals surface area contributed by atoms with Gasteiger partial charge >= 0.3 is 5.97 Å². The molecule has 1 atom stereocenters. The average Bonchev–Trinajstić information content (AvgIpc) is 2.57. The Balaban J connectivity index is 1.98. The van der Waals surface area contributed by atoms with Crippen LogP contribution < -0.4 is 4.74 Å². The van der Waals surface area contributed by atoms with Crippen LogP contribution in [0.3, 0.4) is 0 Å². The van der Waals surface area contributed by atoms with Crippen molar-refractivity contribution in [3.8, 4) is 11.8 Å². The Morgan fingerprint density at radius 2 is 2.00 bits per heavy atom. The van der Waals surface area contributed by atoms with Crippen LogP contribution in [-0.4, -0.2) is 37.7 Å². The van der Waals surface area contributed by atoms with Gasteiger partial charge in [0.1, 0.15) is 11.8 Å². The van der Waals surface area contributed by atoms with Crippen LogP contribution in [0, 0.1) is 17.2 Å². The van der Waals surface area contributed by atoms with Gasteiger partial charge in [-0.1, -0.05) is 12.1 Å². The maximum atomic E-state index is 11.8. The van der Waals surface area contributed by atoms with E-state index < -0.39 is 0 Å². The topological polar surface area (TPSA) is 62.6 Å². The van der Waals surface area contributed by atoms with Gasteiger partial charge in [0.2, 0.25) is 0 Å². The zero-order valence-electron chi connectivity index (χ0n) is 13.1. The number of nitriles is 1. The summed E-state index contributed by atoms with van der Waals surface area (Å²) in [6.45, 7) is 3.70. The number of benzene rings is 1. The number of rotatable bonds is 5. The van der Waals surface area contributed by atoms with Crippen molar-refractivity contribution in [2.75, 3.05) is 26.8 Å². The summed E-state index contributed by atoms with van der Waals surface area (Å²) in [5, 5.41) is 9.50. The summed E-state index contributed by atoms with van der Waals surface area (Å²) in [5.41, 5.74) is 0.956. The van der Waals surface area contributed by atoms with E-state index in [1.54, 1.807) is 7.11 Å². The third kappa shape index (κ3) is 3.77. The molecule has 1 aromatic rings. The molecule has 1 heterocycles. The number of likely N-dealkylation sites (tertiary alicyclic amines) is 1. The molecule has 1 aromatic carbocycles. The highest BCUT2D eigenvalue weighted by Gasteiger charge is 2.30. The highest BCUT2D eigenvalue weighted by Crippen LogP contribution is 2.28. The van der Waals surface area contributed by atoms with Crippen molar-refractivity contribution in [1.29, 1.82) is 5.26 Å². The third-order valence-corrected chi connectivity index (χ3v) is 4.07. The van der Waals surface area contributed by atoms with E-state index in [-0.39, 0.29) is 17.9 Å². The number of hydrogen-bond acceptors (Lipinski definition) is 5. The maximum Gasteiger partial charge on any atom is 0.309 e. The van der Waals surface area contributed by atoms with Crippen molar-refractivity contribution in [3.63, 3.8) is 0 Å². The summed E-state index contributed by atoms with van der Waals surface area (Å²) >= 11 is 0. The molecule has 1 saturated heterocycles. The summed E-state index contributed by atoms with van der Waals surface area (Å²) < 4.78 is 10.2. The number of ether oxygens (including phenoxy) is 2. The van der Waals surface area contributed by atoms with Gasteiger partial charge in [-0.15, -0.1) is 0 Å². The Hall–Kier alpha value is -2.06. The predicted octanol–water partition coefficient (Wildman–Crippen LogP) is 2.53. The predicted molar refractivity (Wildman–Crippen MR) is 82.3 cm³/mol. The average molecular weight is 302 g/mol. The number of methoxy groups -OCH3 is 1. The number of piperidine rings is 1. The van der Waals surface area contributed by atoms with Gasteiger partial charge in [-0.2, -0.15) is 5.26 Å². The molecule has 2 rings (SSSR count). The highest BCUT2D eigenvalue weighted by atomic mass is 16.5. The fraction of sp³-hybridized carbons (Fsp3) is 0.529. The van der Waals surface area contributed by atoms with Crippen molar-refractivity contribution in [2.45, 2.75) is 25.8 Å². The molecule has 0 aromatic heterocycles. The molecule has 0 N–H and O–H groups in total. The Kier molecular flexibility index (Phi) is 5.79. The lowest BCUT2D eigenvalue weighted by Gasteiger charge is -2.33. The van der Waals surface area contributed by atoms with Crippen molar-refractivity contribution < 1.29 is 14.3 Å². The summed E-state index contributed by atoms with van der Waals surface area (Å²) in [5.74, 6) is 0.632. The molecular weight excluding hydrogens is 280 g/mol. The first-order valence-corrected chi connectivity index (χ1v) is 7.63. The van der Waals surface area contributed by atoms with E-state index in [0.29, 0.717) is 6.61 Å². The van der Waals surface area contributed by atoms with Crippen molar-refractivity contribution in [2.24, 2.45) is 5.92 Å². The second-order valence-corrected chi connectivity index (χ2v) is 5.37. The number of hydrogen-bond donors (Lipinski definition) is 0. The number of nitrogens with zero attached hydrogens (tertiary/aromatic N) is 2. The fourth-order valence-electron chi connectivity index (χ4n) is 2.81. The zero-order chi connectivity index (χ0) is 15.9. The molecule has 5 heteroatoms. The van der Waals surface area contributed by atoms with Crippen LogP contribution in [-0.2, 0) is 9.53 Å². The molecular formula is C17H22N2O3. The van der Waals surface area contributed by atoms with E-state index in [1.165, 1.54) is 0 Å². The van der Waals surface area contributed by atoms with Crippen LogP contribution in [0.2, 0.25) is 0 Å². The summed E-state index contributed by atoms with van der Waals surface area (Å²) in [6.07, 6.45) is 1.49. The SMILES string of the molecule is CCOC(=O)C1CCN([C@H](C#N)c2ccc(OC)cc2)CC1. The van der Waals surface area contributed by atoms with Gasteiger partial charge in [-0.3, -0.25) is 9.69 Å². The molecule has 0 amide bonds. The van der Waals surface area contributed by atoms with E-state index in [0.717, 1.165) is 37.2 Å². The fourth-order valence-corrected chi connectivity index (χ4v) is 2.81. The largest absolute Gasteiger partial charge is 0.497 e. The number of carbonyl (C=O) groups is 1. The van der Waals surface area contributed by atoms with Crippen LogP contribution in [0.15, 0.2) is 24.3 Å². The second kappa shape index (κ2) is 7.81. The zero-order valence-corrected chi connectivity index (χ0v) is 13.1. The van der Waals surface area contributed by atoms with E-state index >= 15 is 0 Å². The number of esters is 1. The molecule has 5 nitrogen and oxygen atoms in total. The first-order chi connectivity index (χ1) is 10.7. The molecule has 0 radical (unpaired) electrons. The first-order valence-electron chi connectivity index (χ1n) is 7.63. The monoisotopic (exact) mass is 302 g/mol. The van der Waals surface area contributed by atoms with Gasteiger partial charge in [0.25, 0.3) is 0 Å². The Labute approximate surface area is 131 Å². The lowest BCUT2D eigenvalue weighted by atomic mass is 9.94. The molecule has 1 aliphatic heterocycles. The van der Waals surface area contributed by atoms with Crippen molar-refractivity contribution >= 4 is 5.97 Å². The molecule has 0 unspecified atom stereocenters. The summed E-state index contributed by atoms with van der Waals surface area (Å²) in [7, 11) is 1.62. The Morgan fingerprint density at radius 3 is 2.50 bits per heavy atom. The van der Waals surface area contributed by atoms with Gasteiger partial charge in [0.15, 0.2) is 0 Å². The molecule has 22 heavy (non-hydrogen) atoms. The highest BCUT2D eigenvalue weighted by molar-refractivity contribution is 5.72. The Bertz CT molecular complexity index is 528. The molecule has 0 bridgehead atoms. The van der Waals surface area contributed by atoms with E-state index in [1.807, 2.05) is 31.2 Å². The normalized spacial score (nSPS) is 17.5. The molecule has 0 spiro atoms. The van der Waals surface area contributed by atoms with E-state index in [2.05, 4.69) is 11.0 Å². The second-order valence-electron chi connectivity index (χ2n) is 5.37. The summed E-state index contributed by atoms with van der Waals surface area (Å²) in [6, 6.07) is 9.65. The molecule has 0 aliphatic carbocycles. The summed E-state index contributed by atoms with van der Waals surface area (Å²) in [4.78, 5) is 13.9. The van der Waals surface area contributed by atoms with Crippen LogP contribution in [0.25, 0.3) is 0 Å². The maximum absolute atomic E-state index is 11.8. The van der Waals surface area contributed by atoms with Crippen LogP contribution >= 0.6 is 0 Å². The standard InChI is InChI=1S/C17H22N2O3/c1-3-22-17(20)14-8-10-19(11-9-14)16(12-18)13-4-6-15(21-2)7-5-13/h4-7,14,16H,3,8-11H2,1-2H3/t16-/m1/s1. The Morgan fingerprint density at radius 1 is 1.36 bits per heavy atom. The van der Waals surface area contributed by atoms with Gasteiger partial charge < -0.3 is 9.47 Å². The van der Waals surface area contributed by atoms with Crippen LogP contribution in [0.4, 0.5) is 0 Å².